The molecule has 1 aromatic carbocycles. The number of nitrogens with one attached hydrogen (secondary N) is 4. The van der Waals surface area contributed by atoms with Crippen LogP contribution in [0.3, 0.4) is 0 Å². The molecule has 1 saturated heterocycles. The molecule has 2 aromatic rings. The van der Waals surface area contributed by atoms with Crippen molar-refractivity contribution >= 4 is 35.4 Å². The number of nitrogens with zero attached hydrogens (tertiary/aromatic N) is 4. The molecule has 1 aliphatic heterocycles. The van der Waals surface area contributed by atoms with E-state index in [4.69, 9.17) is 4.74 Å². The highest BCUT2D eigenvalue weighted by Crippen LogP contribution is 2.36. The van der Waals surface area contributed by atoms with Gasteiger partial charge in [-0.05, 0) is 71.7 Å². The molecule has 12 nitrogen and oxygen atoms in total. The predicted octanol–water partition coefficient (Wildman–Crippen LogP) is 4.63. The minimum Gasteiger partial charge on any atom is -0.444 e. The van der Waals surface area contributed by atoms with Gasteiger partial charge < -0.3 is 30.9 Å². The number of hydrogen-bond acceptors (Lipinski definition) is 9. The number of alkyl halides is 3. The number of anilines is 3. The summed E-state index contributed by atoms with van der Waals surface area (Å²) in [6, 6.07) is 5.83. The second kappa shape index (κ2) is 15.2. The van der Waals surface area contributed by atoms with Crippen LogP contribution in [0.1, 0.15) is 69.8 Å². The summed E-state index contributed by atoms with van der Waals surface area (Å²) < 4.78 is 46.9. The zero-order valence-electron chi connectivity index (χ0n) is 27.5. The maximum absolute atomic E-state index is 13.8. The summed E-state index contributed by atoms with van der Waals surface area (Å²) in [5.74, 6) is -1.40. The minimum atomic E-state index is -4.70. The van der Waals surface area contributed by atoms with E-state index in [0.29, 0.717) is 69.8 Å². The van der Waals surface area contributed by atoms with E-state index in [1.54, 1.807) is 29.2 Å². The zero-order valence-corrected chi connectivity index (χ0v) is 27.5. The molecule has 258 valence electrons. The Hall–Kier alpha value is -4.14. The summed E-state index contributed by atoms with van der Waals surface area (Å²) in [5, 5.41) is 11.5. The largest absolute Gasteiger partial charge is 0.444 e. The average molecular weight is 663 g/mol. The number of benzene rings is 1. The van der Waals surface area contributed by atoms with Crippen LogP contribution in [0.5, 0.6) is 0 Å². The number of carbonyl (C=O) groups excluding carboxylic acids is 3. The minimum absolute atomic E-state index is 0.0642. The van der Waals surface area contributed by atoms with Gasteiger partial charge >= 0.3 is 12.3 Å². The molecular formula is C32H45F3N8O4. The van der Waals surface area contributed by atoms with Gasteiger partial charge in [0.1, 0.15) is 17.0 Å². The Kier molecular flexibility index (Phi) is 11.5. The van der Waals surface area contributed by atoms with E-state index in [9.17, 15) is 27.6 Å². The molecule has 1 aromatic heterocycles. The summed E-state index contributed by atoms with van der Waals surface area (Å²) in [7, 11) is 0. The van der Waals surface area contributed by atoms with E-state index in [1.807, 2.05) is 34.6 Å². The highest BCUT2D eigenvalue weighted by molar-refractivity contribution is 5.94. The number of amides is 3. The number of piperazine rings is 1. The van der Waals surface area contributed by atoms with Crippen molar-refractivity contribution in [3.63, 3.8) is 0 Å². The van der Waals surface area contributed by atoms with E-state index in [1.165, 1.54) is 0 Å². The molecule has 1 aliphatic carbocycles. The molecule has 0 radical (unpaired) electrons. The molecule has 2 fully saturated rings. The van der Waals surface area contributed by atoms with E-state index in [2.05, 4.69) is 36.1 Å². The average Bonchev–Trinajstić information content (AvgIpc) is 3.44. The summed E-state index contributed by atoms with van der Waals surface area (Å²) in [6.45, 7) is 12.7. The zero-order chi connectivity index (χ0) is 34.4. The Morgan fingerprint density at radius 1 is 1.02 bits per heavy atom. The van der Waals surface area contributed by atoms with Crippen molar-refractivity contribution in [2.24, 2.45) is 5.92 Å². The van der Waals surface area contributed by atoms with Crippen LogP contribution in [0.4, 0.5) is 35.4 Å². The SMILES string of the molecule is CC(C)NC(=O)[C@H]1CCC[C@H]1Nc1nc(Nc2ccc(C(=O)NCCN3CCN(C(=O)OC(C)(C)C)CC3)cc2)ncc1C(F)(F)F. The Labute approximate surface area is 273 Å². The molecule has 47 heavy (non-hydrogen) atoms. The second-order valence-corrected chi connectivity index (χ2v) is 13.2. The maximum Gasteiger partial charge on any atom is 0.421 e. The fourth-order valence-corrected chi connectivity index (χ4v) is 5.52. The Bertz CT molecular complexity index is 1390. The fraction of sp³-hybridized carbons (Fsp3) is 0.594. The van der Waals surface area contributed by atoms with Crippen molar-refractivity contribution < 1.29 is 32.3 Å². The molecule has 2 aliphatic rings. The van der Waals surface area contributed by atoms with Gasteiger partial charge in [0, 0.05) is 68.8 Å². The van der Waals surface area contributed by atoms with Crippen molar-refractivity contribution in [1.82, 2.24) is 30.4 Å². The normalized spacial score (nSPS) is 19.0. The lowest BCUT2D eigenvalue weighted by Crippen LogP contribution is -2.51. The summed E-state index contributed by atoms with van der Waals surface area (Å²) in [5.41, 5.74) is -0.676. The number of ether oxygens (including phenoxy) is 1. The molecule has 4 N–H and O–H groups in total. The van der Waals surface area contributed by atoms with Crippen LogP contribution in [0, 0.1) is 5.92 Å². The quantitative estimate of drug-likeness (QED) is 0.287. The first-order chi connectivity index (χ1) is 22.1. The summed E-state index contributed by atoms with van der Waals surface area (Å²) in [4.78, 5) is 49.5. The van der Waals surface area contributed by atoms with Crippen LogP contribution in [-0.4, -0.2) is 94.6 Å². The molecule has 3 amide bonds. The Balaban J connectivity index is 1.30. The Morgan fingerprint density at radius 2 is 1.70 bits per heavy atom. The van der Waals surface area contributed by atoms with Crippen LogP contribution in [0.15, 0.2) is 30.5 Å². The third-order valence-electron chi connectivity index (χ3n) is 7.84. The van der Waals surface area contributed by atoms with Gasteiger partial charge in [0.2, 0.25) is 11.9 Å². The van der Waals surface area contributed by atoms with Gasteiger partial charge in [-0.2, -0.15) is 18.2 Å². The van der Waals surface area contributed by atoms with Crippen LogP contribution in [-0.2, 0) is 15.7 Å². The van der Waals surface area contributed by atoms with Crippen molar-refractivity contribution in [3.8, 4) is 0 Å². The fourth-order valence-electron chi connectivity index (χ4n) is 5.52. The number of aromatic nitrogens is 2. The van der Waals surface area contributed by atoms with Crippen LogP contribution in [0.25, 0.3) is 0 Å². The lowest BCUT2D eigenvalue weighted by atomic mass is 10.0. The predicted molar refractivity (Wildman–Crippen MR) is 171 cm³/mol. The maximum atomic E-state index is 13.8. The van der Waals surface area contributed by atoms with Gasteiger partial charge in [0.05, 0.1) is 5.92 Å². The molecule has 0 spiro atoms. The first-order valence-corrected chi connectivity index (χ1v) is 16.0. The van der Waals surface area contributed by atoms with Gasteiger partial charge in [0.25, 0.3) is 5.91 Å². The number of halogens is 3. The van der Waals surface area contributed by atoms with E-state index in [-0.39, 0.29) is 29.9 Å². The van der Waals surface area contributed by atoms with E-state index < -0.39 is 35.1 Å². The van der Waals surface area contributed by atoms with Gasteiger partial charge in [-0.1, -0.05) is 6.42 Å². The molecular weight excluding hydrogens is 617 g/mol. The number of carbonyl (C=O) groups is 3. The molecule has 4 rings (SSSR count). The van der Waals surface area contributed by atoms with Gasteiger partial charge in [-0.25, -0.2) is 9.78 Å². The molecule has 15 heteroatoms. The van der Waals surface area contributed by atoms with Crippen molar-refractivity contribution in [3.05, 3.63) is 41.6 Å². The molecule has 0 unspecified atom stereocenters. The third-order valence-corrected chi connectivity index (χ3v) is 7.84. The van der Waals surface area contributed by atoms with Crippen molar-refractivity contribution in [2.45, 2.75) is 77.7 Å². The highest BCUT2D eigenvalue weighted by atomic mass is 19.4. The van der Waals surface area contributed by atoms with Crippen LogP contribution < -0.4 is 21.3 Å². The standard InChI is InChI=1S/C32H45F3N8O4/c1-20(2)38-28(45)23-7-6-8-25(23)40-26-24(32(33,34)35)19-37-29(41-26)39-22-11-9-21(10-12-22)27(44)36-13-14-42-15-17-43(18-16-42)30(46)47-31(3,4)5/h9-12,19-20,23,25H,6-8,13-18H2,1-5H3,(H,36,44)(H,38,45)(H2,37,39,40,41)/t23-,25+/m0/s1. The van der Waals surface area contributed by atoms with E-state index >= 15 is 0 Å². The first-order valence-electron chi connectivity index (χ1n) is 16.0. The highest BCUT2D eigenvalue weighted by Gasteiger charge is 2.39. The summed E-state index contributed by atoms with van der Waals surface area (Å²) >= 11 is 0. The molecule has 1 saturated carbocycles. The smallest absolute Gasteiger partial charge is 0.421 e. The first kappa shape index (κ1) is 35.7. The monoisotopic (exact) mass is 662 g/mol. The summed E-state index contributed by atoms with van der Waals surface area (Å²) in [6.07, 6.45) is -2.49. The molecule has 0 bridgehead atoms. The molecule has 2 atom stereocenters. The van der Waals surface area contributed by atoms with Gasteiger partial charge in [0.15, 0.2) is 0 Å². The number of rotatable bonds is 10. The lowest BCUT2D eigenvalue weighted by Gasteiger charge is -2.35. The van der Waals surface area contributed by atoms with Crippen LogP contribution in [0.2, 0.25) is 0 Å². The Morgan fingerprint density at radius 3 is 2.32 bits per heavy atom. The lowest BCUT2D eigenvalue weighted by molar-refractivity contribution is -0.137. The van der Waals surface area contributed by atoms with Gasteiger partial charge in [-0.3, -0.25) is 14.5 Å². The molecule has 2 heterocycles. The van der Waals surface area contributed by atoms with E-state index in [0.717, 1.165) is 6.20 Å². The van der Waals surface area contributed by atoms with Gasteiger partial charge in [-0.15, -0.1) is 0 Å². The number of hydrogen-bond donors (Lipinski definition) is 4. The third kappa shape index (κ3) is 10.4. The topological polar surface area (TPSA) is 141 Å². The second-order valence-electron chi connectivity index (χ2n) is 13.2. The van der Waals surface area contributed by atoms with Crippen molar-refractivity contribution in [1.29, 1.82) is 0 Å². The van der Waals surface area contributed by atoms with Crippen molar-refractivity contribution in [2.75, 3.05) is 49.9 Å². The van der Waals surface area contributed by atoms with Crippen LogP contribution >= 0.6 is 0 Å².